The van der Waals surface area contributed by atoms with Crippen LogP contribution in [0, 0.1) is 40.6 Å². The van der Waals surface area contributed by atoms with Gasteiger partial charge in [0.25, 0.3) is 6.71 Å². The zero-order valence-corrected chi connectivity index (χ0v) is 72.4. The largest absolute Gasteiger partial charge is 0.310 e. The first-order valence-corrected chi connectivity index (χ1v) is 43.1. The summed E-state index contributed by atoms with van der Waals surface area (Å²) < 4.78 is 4.88. The summed E-state index contributed by atoms with van der Waals surface area (Å²) in [7, 11) is 0. The number of hydrogen-bond donors (Lipinski definition) is 0. The van der Waals surface area contributed by atoms with Gasteiger partial charge >= 0.3 is 0 Å². The van der Waals surface area contributed by atoms with Crippen LogP contribution in [0.5, 0.6) is 0 Å². The fourth-order valence-corrected chi connectivity index (χ4v) is 19.5. The van der Waals surface area contributed by atoms with Crippen LogP contribution < -0.4 is 26.2 Å². The highest BCUT2D eigenvalue weighted by Crippen LogP contribution is 2.57. The van der Waals surface area contributed by atoms with Gasteiger partial charge in [0.2, 0.25) is 0 Å². The van der Waals surface area contributed by atoms with E-state index in [1.807, 2.05) is 36.4 Å². The minimum atomic E-state index is -0.464. The monoisotopic (exact) mass is 1610 g/mol. The molecule has 0 aliphatic carbocycles. The van der Waals surface area contributed by atoms with Crippen molar-refractivity contribution >= 4 is 107 Å². The molecule has 0 radical (unpaired) electrons. The molecule has 0 unspecified atom stereocenters. The lowest BCUT2D eigenvalue weighted by atomic mass is 9.33. The van der Waals surface area contributed by atoms with Gasteiger partial charge in [-0.2, -0.15) is 15.8 Å². The van der Waals surface area contributed by atoms with Gasteiger partial charge in [0.1, 0.15) is 0 Å². The topological polar surface area (TPSA) is 92.1 Å². The van der Waals surface area contributed by atoms with Gasteiger partial charge in [-0.1, -0.05) is 314 Å². The number of hydrogen-bond acceptors (Lipinski definition) is 5. The molecule has 18 aromatic rings. The lowest BCUT2D eigenvalue weighted by Gasteiger charge is -2.46. The van der Waals surface area contributed by atoms with Crippen LogP contribution in [0.15, 0.2) is 334 Å². The predicted octanol–water partition coefficient (Wildman–Crippen LogP) is 29.0. The van der Waals surface area contributed by atoms with E-state index >= 15 is 0 Å². The average Bonchev–Trinajstić information content (AvgIpc) is 1.13. The van der Waals surface area contributed by atoms with E-state index in [1.54, 1.807) is 0 Å². The molecule has 0 amide bonds. The van der Waals surface area contributed by atoms with Gasteiger partial charge in [0.15, 0.2) is 5.69 Å². The van der Waals surface area contributed by atoms with E-state index in [0.29, 0.717) is 33.5 Å². The summed E-state index contributed by atoms with van der Waals surface area (Å²) in [5.41, 5.74) is 32.3. The first-order chi connectivity index (χ1) is 60.4. The third kappa shape index (κ3) is 13.2. The van der Waals surface area contributed by atoms with E-state index in [9.17, 15) is 15.8 Å². The molecule has 16 aromatic carbocycles. The van der Waals surface area contributed by atoms with Crippen LogP contribution in [0.3, 0.4) is 0 Å². The molecule has 0 spiro atoms. The van der Waals surface area contributed by atoms with Gasteiger partial charge in [-0.15, -0.1) is 0 Å². The molecule has 0 N–H and O–H groups in total. The van der Waals surface area contributed by atoms with Crippen molar-refractivity contribution in [2.24, 2.45) is 0 Å². The van der Waals surface area contributed by atoms with Crippen LogP contribution in [0.1, 0.15) is 122 Å². The van der Waals surface area contributed by atoms with Crippen molar-refractivity contribution in [2.75, 3.05) is 9.80 Å². The number of rotatable bonds is 11. The molecule has 2 aliphatic heterocycles. The number of para-hydroxylation sites is 4. The molecule has 0 atom stereocenters. The summed E-state index contributed by atoms with van der Waals surface area (Å²) >= 11 is 0. The van der Waals surface area contributed by atoms with E-state index in [4.69, 9.17) is 6.57 Å². The molecule has 8 nitrogen and oxygen atoms in total. The Balaban J connectivity index is 1.02. The van der Waals surface area contributed by atoms with Crippen molar-refractivity contribution in [2.45, 2.75) is 105 Å². The second-order valence-electron chi connectivity index (χ2n) is 37.7. The molecule has 0 saturated carbocycles. The number of fused-ring (bicyclic) bond motifs is 10. The molecule has 598 valence electrons. The Bertz CT molecular complexity index is 7090. The molecule has 9 heteroatoms. The summed E-state index contributed by atoms with van der Waals surface area (Å²) in [5.74, 6) is 0. The van der Waals surface area contributed by atoms with Crippen molar-refractivity contribution < 1.29 is 0 Å². The quantitative estimate of drug-likeness (QED) is 0.0950. The maximum Gasteiger partial charge on any atom is 0.252 e. The molecule has 2 aliphatic rings. The lowest BCUT2D eigenvalue weighted by molar-refractivity contribution is 0.590. The van der Waals surface area contributed by atoms with Crippen molar-refractivity contribution in [1.29, 1.82) is 15.8 Å². The minimum Gasteiger partial charge on any atom is -0.310 e. The SMILES string of the molecule is [C-]#[N+]c1cccc(C#N)c1-c1cc(-c2ccc(C(C)(C)C)cc2)c(N2c3cc(-n4c5ccccc5c5ccccc54)ccc3B3c4ccc(-n5c6ccccc6c6ccccc65)cc4N(c4c(-c5ccc(C(C)(C)C)cc5)cc(-c5c(C#N)cccc5C#N)cc4-c4cccc(C(C)(C)C)c4)c4cc(-c5ccccc5)cc2c43)c(-c2cccc(C(C)(C)C)c2)c1. The van der Waals surface area contributed by atoms with Gasteiger partial charge in [-0.05, 0) is 208 Å². The zero-order valence-electron chi connectivity index (χ0n) is 72.4. The van der Waals surface area contributed by atoms with Crippen LogP contribution in [0.2, 0.25) is 0 Å². The Morgan fingerprint density at radius 2 is 0.624 bits per heavy atom. The Kier molecular flexibility index (Phi) is 18.7. The number of nitriles is 3. The van der Waals surface area contributed by atoms with Crippen LogP contribution >= 0.6 is 0 Å². The fraction of sp³-hybridized carbons (Fsp3) is 0.138. The van der Waals surface area contributed by atoms with Crippen LogP contribution in [0.4, 0.5) is 39.8 Å². The van der Waals surface area contributed by atoms with Gasteiger partial charge < -0.3 is 18.9 Å². The van der Waals surface area contributed by atoms with Crippen molar-refractivity contribution in [3.05, 3.63) is 384 Å². The molecule has 20 rings (SSSR count). The predicted molar refractivity (Wildman–Crippen MR) is 522 cm³/mol. The third-order valence-corrected chi connectivity index (χ3v) is 25.9. The fourth-order valence-electron chi connectivity index (χ4n) is 19.5. The molecule has 0 bridgehead atoms. The van der Waals surface area contributed by atoms with E-state index in [-0.39, 0.29) is 21.7 Å². The molecule has 0 fully saturated rings. The Hall–Kier alpha value is -15.3. The van der Waals surface area contributed by atoms with Crippen LogP contribution in [-0.2, 0) is 21.7 Å². The van der Waals surface area contributed by atoms with E-state index < -0.39 is 6.71 Å². The molecule has 2 aromatic heterocycles. The molecule has 0 saturated heterocycles. The summed E-state index contributed by atoms with van der Waals surface area (Å²) in [5, 5.41) is 38.8. The zero-order chi connectivity index (χ0) is 86.3. The van der Waals surface area contributed by atoms with Gasteiger partial charge in [-0.25, -0.2) is 4.85 Å². The lowest BCUT2D eigenvalue weighted by Crippen LogP contribution is -2.61. The van der Waals surface area contributed by atoms with Crippen LogP contribution in [-0.4, -0.2) is 15.8 Å². The van der Waals surface area contributed by atoms with Gasteiger partial charge in [0.05, 0.1) is 69.3 Å². The molecule has 125 heavy (non-hydrogen) atoms. The molecular weight excluding hydrogens is 1520 g/mol. The Morgan fingerprint density at radius 3 is 1.01 bits per heavy atom. The molecular formula is C116H91BN8. The van der Waals surface area contributed by atoms with E-state index in [2.05, 4.69) is 422 Å². The number of benzene rings is 16. The molecule has 4 heterocycles. The first-order valence-electron chi connectivity index (χ1n) is 43.1. The summed E-state index contributed by atoms with van der Waals surface area (Å²) in [6.45, 7) is 35.6. The normalized spacial score (nSPS) is 12.6. The highest BCUT2D eigenvalue weighted by molar-refractivity contribution is 7.00. The summed E-state index contributed by atoms with van der Waals surface area (Å²) in [6, 6.07) is 129. The van der Waals surface area contributed by atoms with Crippen LogP contribution in [0.25, 0.3) is 138 Å². The third-order valence-electron chi connectivity index (χ3n) is 25.9. The van der Waals surface area contributed by atoms with Gasteiger partial charge in [-0.3, -0.25) is 0 Å². The smallest absolute Gasteiger partial charge is 0.252 e. The summed E-state index contributed by atoms with van der Waals surface area (Å²) in [6.07, 6.45) is 0. The number of aromatic nitrogens is 2. The minimum absolute atomic E-state index is 0.197. The highest BCUT2D eigenvalue weighted by atomic mass is 15.2. The maximum atomic E-state index is 11.4. The summed E-state index contributed by atoms with van der Waals surface area (Å²) in [4.78, 5) is 9.45. The van der Waals surface area contributed by atoms with Crippen molar-refractivity contribution in [1.82, 2.24) is 9.13 Å². The average molecular weight is 1610 g/mol. The van der Waals surface area contributed by atoms with Crippen molar-refractivity contribution in [3.63, 3.8) is 0 Å². The standard InChI is InChI=1S/C116H91BN8/c1-113(2,3)83-51-47-73(48-52-83)93-61-81(108-77(69-118)33-25-34-78(108)70-119)62-95(75-31-26-36-85(59-75)115(7,8)9)111(93)124-104-67-87(122-100-43-21-17-38-89(100)90-39-18-22-44-101(90)122)55-57-97(104)117-98-58-56-88(123-102-45-23-19-40-91(102)92-41-20-24-46-103(92)123)68-105(98)125(107-66-80(65-106(124)110(107)117)72-29-15-14-16-30-72)112-94(74-49-53-84(54-50-74)114(4,5)6)63-82(109-79(71-120)35-28-42-99(109)121-13)64-96(112)76-32-27-37-86(60-76)116(10,11)12/h14-68H,1-12H3. The second-order valence-corrected chi connectivity index (χ2v) is 37.7. The number of nitrogens with zero attached hydrogens (tertiary/aromatic N) is 8. The Morgan fingerprint density at radius 1 is 0.280 bits per heavy atom. The van der Waals surface area contributed by atoms with Crippen molar-refractivity contribution in [3.8, 4) is 107 Å². The highest BCUT2D eigenvalue weighted by Gasteiger charge is 2.47. The maximum absolute atomic E-state index is 11.4. The second kappa shape index (κ2) is 29.8. The van der Waals surface area contributed by atoms with Gasteiger partial charge in [0, 0.05) is 94.6 Å². The Labute approximate surface area is 732 Å². The number of anilines is 6. The first kappa shape index (κ1) is 78.3. The van der Waals surface area contributed by atoms with E-state index in [0.717, 1.165) is 183 Å². The van der Waals surface area contributed by atoms with E-state index in [1.165, 1.54) is 11.1 Å².